The fourth-order valence-corrected chi connectivity index (χ4v) is 5.13. The van der Waals surface area contributed by atoms with Crippen molar-refractivity contribution >= 4 is 17.6 Å². The number of aliphatic hydroxyl groups excluding tert-OH is 1. The maximum Gasteiger partial charge on any atom is 0.275 e. The molecule has 0 saturated carbocycles. The van der Waals surface area contributed by atoms with Gasteiger partial charge < -0.3 is 20.2 Å². The number of carbonyl (C=O) groups is 3. The Kier molecular flexibility index (Phi) is 4.69. The Labute approximate surface area is 177 Å². The van der Waals surface area contributed by atoms with Gasteiger partial charge in [-0.2, -0.15) is 0 Å². The first kappa shape index (κ1) is 19.9. The van der Waals surface area contributed by atoms with Crippen LogP contribution in [0.2, 0.25) is 0 Å². The van der Waals surface area contributed by atoms with Gasteiger partial charge in [0.05, 0.1) is 6.54 Å². The van der Waals surface area contributed by atoms with Gasteiger partial charge in [-0.1, -0.05) is 6.07 Å². The maximum absolute atomic E-state index is 13.8. The van der Waals surface area contributed by atoms with E-state index in [9.17, 15) is 28.3 Å². The highest BCUT2D eigenvalue weighted by atomic mass is 19.1. The monoisotopic (exact) mass is 432 g/mol. The number of nitrogens with zero attached hydrogens (tertiary/aromatic N) is 3. The molecule has 4 heterocycles. The number of hydrogen-bond acceptors (Lipinski definition) is 6. The third-order valence-corrected chi connectivity index (χ3v) is 6.70. The van der Waals surface area contributed by atoms with Crippen LogP contribution in [0.25, 0.3) is 0 Å². The molecule has 1 unspecified atom stereocenters. The van der Waals surface area contributed by atoms with Crippen LogP contribution in [0.4, 0.5) is 8.78 Å². The van der Waals surface area contributed by atoms with E-state index >= 15 is 0 Å². The number of nitrogens with one attached hydrogen (secondary N) is 1. The summed E-state index contributed by atoms with van der Waals surface area (Å²) in [6.07, 6.45) is 1.94. The summed E-state index contributed by atoms with van der Waals surface area (Å²) in [6, 6.07) is 3.30. The molecule has 3 saturated heterocycles. The SMILES string of the molecule is O=C(NCc1ccc(F)cc1F)C1CN2C[C@@H]3N(C[C@H]4CCCN43)C(=O)C2=C(O)C1=O. The van der Waals surface area contributed by atoms with Crippen molar-refractivity contribution in [3.63, 3.8) is 0 Å². The van der Waals surface area contributed by atoms with Crippen LogP contribution in [0.1, 0.15) is 18.4 Å². The van der Waals surface area contributed by atoms with E-state index in [0.717, 1.165) is 25.5 Å². The lowest BCUT2D eigenvalue weighted by Gasteiger charge is -2.44. The topological polar surface area (TPSA) is 93.2 Å². The van der Waals surface area contributed by atoms with Gasteiger partial charge in [-0.15, -0.1) is 0 Å². The van der Waals surface area contributed by atoms with Crippen LogP contribution in [0, 0.1) is 17.6 Å². The second-order valence-corrected chi connectivity index (χ2v) is 8.44. The van der Waals surface area contributed by atoms with Gasteiger partial charge in [0.15, 0.2) is 5.76 Å². The van der Waals surface area contributed by atoms with Crippen molar-refractivity contribution in [1.82, 2.24) is 20.0 Å². The van der Waals surface area contributed by atoms with Crippen molar-refractivity contribution in [2.75, 3.05) is 26.2 Å². The number of hydrogen-bond donors (Lipinski definition) is 2. The van der Waals surface area contributed by atoms with Crippen molar-refractivity contribution in [2.24, 2.45) is 5.92 Å². The molecular formula is C21H22F2N4O4. The Morgan fingerprint density at radius 1 is 1.19 bits per heavy atom. The minimum atomic E-state index is -1.22. The highest BCUT2D eigenvalue weighted by molar-refractivity contribution is 6.13. The molecule has 1 aromatic rings. The number of carbonyl (C=O) groups excluding carboxylic acids is 3. The summed E-state index contributed by atoms with van der Waals surface area (Å²) < 4.78 is 26.9. The van der Waals surface area contributed by atoms with E-state index in [-0.39, 0.29) is 36.4 Å². The Balaban J connectivity index is 1.33. The average Bonchev–Trinajstić information content (AvgIpc) is 3.32. The van der Waals surface area contributed by atoms with Gasteiger partial charge in [-0.05, 0) is 18.9 Å². The molecular weight excluding hydrogens is 410 g/mol. The van der Waals surface area contributed by atoms with Crippen molar-refractivity contribution in [2.45, 2.75) is 31.6 Å². The summed E-state index contributed by atoms with van der Waals surface area (Å²) in [5.74, 6) is -5.34. The molecule has 0 aromatic heterocycles. The van der Waals surface area contributed by atoms with Crippen molar-refractivity contribution in [3.05, 3.63) is 46.9 Å². The molecule has 4 aliphatic rings. The number of allylic oxidation sites excluding steroid dienone is 1. The van der Waals surface area contributed by atoms with Crippen LogP contribution >= 0.6 is 0 Å². The standard InChI is InChI=1S/C21H22F2N4O4/c22-12-4-3-11(15(23)6-12)7-24-20(30)14-9-25-10-16-26-5-1-2-13(26)8-27(16)21(31)17(25)19(29)18(14)28/h3-4,6,13-14,16,29H,1-2,5,7-10H2,(H,24,30)/t13-,14?,16+/m1/s1. The Hall–Kier alpha value is -3.01. The zero-order valence-electron chi connectivity index (χ0n) is 16.7. The van der Waals surface area contributed by atoms with Gasteiger partial charge in [-0.25, -0.2) is 8.78 Å². The van der Waals surface area contributed by atoms with Crippen LogP contribution < -0.4 is 5.32 Å². The normalized spacial score (nSPS) is 28.0. The van der Waals surface area contributed by atoms with E-state index in [0.29, 0.717) is 25.2 Å². The molecule has 3 atom stereocenters. The van der Waals surface area contributed by atoms with Crippen LogP contribution in [0.3, 0.4) is 0 Å². The number of rotatable bonds is 3. The molecule has 2 N–H and O–H groups in total. The van der Waals surface area contributed by atoms with E-state index < -0.39 is 35.0 Å². The molecule has 31 heavy (non-hydrogen) atoms. The van der Waals surface area contributed by atoms with Gasteiger partial charge >= 0.3 is 0 Å². The lowest BCUT2D eigenvalue weighted by atomic mass is 9.93. The number of amides is 2. The summed E-state index contributed by atoms with van der Waals surface area (Å²) in [5.41, 5.74) is 0.0318. The van der Waals surface area contributed by atoms with Gasteiger partial charge in [-0.3, -0.25) is 19.3 Å². The van der Waals surface area contributed by atoms with Crippen molar-refractivity contribution in [1.29, 1.82) is 0 Å². The molecule has 0 radical (unpaired) electrons. The third kappa shape index (κ3) is 3.16. The molecule has 4 aliphatic heterocycles. The van der Waals surface area contributed by atoms with Gasteiger partial charge in [0.1, 0.15) is 29.4 Å². The molecule has 5 rings (SSSR count). The predicted octanol–water partition coefficient (Wildman–Crippen LogP) is 0.498. The summed E-state index contributed by atoms with van der Waals surface area (Å²) in [6.45, 7) is 1.62. The molecule has 0 aliphatic carbocycles. The molecule has 0 spiro atoms. The third-order valence-electron chi connectivity index (χ3n) is 6.70. The molecule has 2 amide bonds. The Morgan fingerprint density at radius 3 is 2.77 bits per heavy atom. The average molecular weight is 432 g/mol. The van der Waals surface area contributed by atoms with E-state index in [4.69, 9.17) is 0 Å². The van der Waals surface area contributed by atoms with Gasteiger partial charge in [0.25, 0.3) is 5.91 Å². The maximum atomic E-state index is 13.8. The second-order valence-electron chi connectivity index (χ2n) is 8.44. The van der Waals surface area contributed by atoms with Crippen LogP contribution in [0.15, 0.2) is 29.7 Å². The molecule has 10 heteroatoms. The summed E-state index contributed by atoms with van der Waals surface area (Å²) >= 11 is 0. The fraction of sp³-hybridized carbons (Fsp3) is 0.476. The first-order valence-electron chi connectivity index (χ1n) is 10.4. The minimum absolute atomic E-state index is 0.0372. The predicted molar refractivity (Wildman–Crippen MR) is 103 cm³/mol. The van der Waals surface area contributed by atoms with E-state index in [1.165, 1.54) is 6.07 Å². The van der Waals surface area contributed by atoms with Crippen molar-refractivity contribution < 1.29 is 28.3 Å². The number of halogens is 2. The number of aliphatic hydroxyl groups is 1. The number of benzene rings is 1. The van der Waals surface area contributed by atoms with Gasteiger partial charge in [0, 0.05) is 43.9 Å². The van der Waals surface area contributed by atoms with E-state index in [1.807, 2.05) is 0 Å². The van der Waals surface area contributed by atoms with Crippen LogP contribution in [-0.4, -0.2) is 75.8 Å². The first-order chi connectivity index (χ1) is 14.8. The lowest BCUT2D eigenvalue weighted by Crippen LogP contribution is -2.60. The minimum Gasteiger partial charge on any atom is -0.503 e. The Morgan fingerprint density at radius 2 is 2.00 bits per heavy atom. The highest BCUT2D eigenvalue weighted by Gasteiger charge is 2.52. The molecule has 3 fully saturated rings. The summed E-state index contributed by atoms with van der Waals surface area (Å²) in [5, 5.41) is 13.0. The first-order valence-corrected chi connectivity index (χ1v) is 10.4. The summed E-state index contributed by atoms with van der Waals surface area (Å²) in [7, 11) is 0. The zero-order chi connectivity index (χ0) is 21.9. The Bertz CT molecular complexity index is 1010. The molecule has 0 bridgehead atoms. The smallest absolute Gasteiger partial charge is 0.275 e. The number of ketones is 1. The molecule has 8 nitrogen and oxygen atoms in total. The second kappa shape index (κ2) is 7.30. The number of piperazine rings is 1. The zero-order valence-corrected chi connectivity index (χ0v) is 16.7. The van der Waals surface area contributed by atoms with Crippen molar-refractivity contribution in [3.8, 4) is 0 Å². The highest BCUT2D eigenvalue weighted by Crippen LogP contribution is 2.37. The number of Topliss-reactive ketones (excluding diaryl/α,β-unsaturated/α-hetero) is 1. The van der Waals surface area contributed by atoms with Crippen LogP contribution in [-0.2, 0) is 20.9 Å². The van der Waals surface area contributed by atoms with E-state index in [2.05, 4.69) is 10.2 Å². The van der Waals surface area contributed by atoms with Crippen LogP contribution in [0.5, 0.6) is 0 Å². The lowest BCUT2D eigenvalue weighted by molar-refractivity contribution is -0.143. The largest absolute Gasteiger partial charge is 0.503 e. The van der Waals surface area contributed by atoms with Gasteiger partial charge in [0.2, 0.25) is 11.7 Å². The fourth-order valence-electron chi connectivity index (χ4n) is 5.13. The molecule has 164 valence electrons. The van der Waals surface area contributed by atoms with E-state index in [1.54, 1.807) is 9.80 Å². The quantitative estimate of drug-likeness (QED) is 0.676. The summed E-state index contributed by atoms with van der Waals surface area (Å²) in [4.78, 5) is 43.9. The molecule has 1 aromatic carbocycles. The number of fused-ring (bicyclic) bond motifs is 4.